The molecule has 0 aromatic rings. The van der Waals surface area contributed by atoms with Gasteiger partial charge in [0.1, 0.15) is 0 Å². The second-order valence-electron chi connectivity index (χ2n) is 2.84. The van der Waals surface area contributed by atoms with Gasteiger partial charge in [-0.1, -0.05) is 0 Å². The fraction of sp³-hybridized carbons (Fsp3) is 0.500. The molecule has 0 aromatic heterocycles. The van der Waals surface area contributed by atoms with Gasteiger partial charge in [0.05, 0.1) is 0 Å². The Hall–Kier alpha value is -1.08. The summed E-state index contributed by atoms with van der Waals surface area (Å²) >= 11 is 0. The van der Waals surface area contributed by atoms with Gasteiger partial charge in [-0.2, -0.15) is 16.8 Å². The Labute approximate surface area is 88.8 Å². The first-order chi connectivity index (χ1) is 6.96. The summed E-state index contributed by atoms with van der Waals surface area (Å²) in [5.74, 6) is -3.71. The Morgan fingerprint density at radius 3 is 1.56 bits per heavy atom. The quantitative estimate of drug-likeness (QED) is 0.294. The van der Waals surface area contributed by atoms with E-state index in [1.165, 1.54) is 0 Å². The summed E-state index contributed by atoms with van der Waals surface area (Å²) in [4.78, 5) is 21.8. The van der Waals surface area contributed by atoms with Crippen molar-refractivity contribution in [1.82, 2.24) is 5.32 Å². The van der Waals surface area contributed by atoms with E-state index in [1.54, 1.807) is 0 Å². The topological polar surface area (TPSA) is 175 Å². The van der Waals surface area contributed by atoms with Gasteiger partial charge >= 0.3 is 24.3 Å². The van der Waals surface area contributed by atoms with Crippen molar-refractivity contribution >= 4 is 32.1 Å². The first-order valence-electron chi connectivity index (χ1n) is 3.43. The van der Waals surface area contributed by atoms with Crippen LogP contribution in [-0.2, 0) is 29.8 Å². The predicted molar refractivity (Wildman–Crippen MR) is 45.0 cm³/mol. The standard InChI is InChI=1S/C4H5NO9S2/c6-1-2(7)5-3(8)4(1,15(9,10)11)16(12,13)14/h1,6H,(H,5,7,8)(H,9,10,11)(H,12,13,14). The van der Waals surface area contributed by atoms with Crippen LogP contribution in [0, 0.1) is 0 Å². The molecule has 1 unspecified atom stereocenters. The molecule has 1 atom stereocenters. The molecular weight excluding hydrogens is 270 g/mol. The van der Waals surface area contributed by atoms with Crippen LogP contribution in [0.3, 0.4) is 0 Å². The minimum atomic E-state index is -5.77. The fourth-order valence-electron chi connectivity index (χ4n) is 1.21. The van der Waals surface area contributed by atoms with E-state index in [4.69, 9.17) is 14.2 Å². The summed E-state index contributed by atoms with van der Waals surface area (Å²) in [6.07, 6.45) is -2.95. The molecule has 0 saturated carbocycles. The van der Waals surface area contributed by atoms with Gasteiger partial charge in [-0.05, 0) is 0 Å². The van der Waals surface area contributed by atoms with Gasteiger partial charge in [-0.25, -0.2) is 0 Å². The maximum absolute atomic E-state index is 11.0. The number of imide groups is 1. The number of amides is 2. The zero-order chi connectivity index (χ0) is 12.9. The lowest BCUT2D eigenvalue weighted by molar-refractivity contribution is -0.127. The summed E-state index contributed by atoms with van der Waals surface area (Å²) < 4.78 is 56.5. The zero-order valence-electron chi connectivity index (χ0n) is 7.18. The van der Waals surface area contributed by atoms with Crippen LogP contribution in [0.5, 0.6) is 0 Å². The molecule has 16 heavy (non-hydrogen) atoms. The van der Waals surface area contributed by atoms with Gasteiger partial charge in [0.15, 0.2) is 6.10 Å². The SMILES string of the molecule is O=C1NC(=O)C(S(=O)(=O)O)(S(=O)(=O)O)C1O. The van der Waals surface area contributed by atoms with E-state index in [2.05, 4.69) is 0 Å². The Morgan fingerprint density at radius 2 is 1.44 bits per heavy atom. The highest BCUT2D eigenvalue weighted by atomic mass is 32.3. The summed E-state index contributed by atoms with van der Waals surface area (Å²) in [6, 6.07) is 0. The van der Waals surface area contributed by atoms with Crippen LogP contribution in [0.4, 0.5) is 0 Å². The van der Waals surface area contributed by atoms with Gasteiger partial charge in [0, 0.05) is 0 Å². The average Bonchev–Trinajstić information content (AvgIpc) is 2.19. The number of aliphatic hydroxyl groups is 1. The van der Waals surface area contributed by atoms with Crippen LogP contribution < -0.4 is 5.32 Å². The molecule has 1 heterocycles. The number of hydrogen-bond acceptors (Lipinski definition) is 7. The van der Waals surface area contributed by atoms with Gasteiger partial charge in [0.2, 0.25) is 0 Å². The lowest BCUT2D eigenvalue weighted by Crippen LogP contribution is -2.58. The molecule has 0 bridgehead atoms. The number of aliphatic hydroxyl groups excluding tert-OH is 1. The molecule has 1 saturated heterocycles. The Morgan fingerprint density at radius 1 is 1.06 bits per heavy atom. The Kier molecular flexibility index (Phi) is 2.60. The number of carbonyl (C=O) groups is 2. The third-order valence-corrected chi connectivity index (χ3v) is 5.54. The zero-order valence-corrected chi connectivity index (χ0v) is 8.82. The van der Waals surface area contributed by atoms with Crippen LogP contribution in [0.25, 0.3) is 0 Å². The number of nitrogens with one attached hydrogen (secondary N) is 1. The molecule has 4 N–H and O–H groups in total. The second kappa shape index (κ2) is 3.21. The summed E-state index contributed by atoms with van der Waals surface area (Å²) in [5, 5.41) is 10.2. The summed E-state index contributed by atoms with van der Waals surface area (Å²) in [7, 11) is -11.5. The first kappa shape index (κ1) is 13.0. The molecular formula is C4H5NO9S2. The van der Waals surface area contributed by atoms with Gasteiger partial charge < -0.3 is 5.11 Å². The van der Waals surface area contributed by atoms with Crippen LogP contribution in [0.2, 0.25) is 0 Å². The molecule has 0 spiro atoms. The number of rotatable bonds is 2. The lowest BCUT2D eigenvalue weighted by atomic mass is 10.3. The van der Waals surface area contributed by atoms with Crippen molar-refractivity contribution in [1.29, 1.82) is 0 Å². The van der Waals surface area contributed by atoms with E-state index >= 15 is 0 Å². The number of hydrogen-bond donors (Lipinski definition) is 4. The second-order valence-corrected chi connectivity index (χ2v) is 6.29. The fourth-order valence-corrected chi connectivity index (χ4v) is 3.63. The van der Waals surface area contributed by atoms with Crippen LogP contribution in [-0.4, -0.2) is 53.0 Å². The largest absolute Gasteiger partial charge is 0.380 e. The Bertz CT molecular complexity index is 524. The van der Waals surface area contributed by atoms with E-state index in [0.717, 1.165) is 5.32 Å². The highest BCUT2D eigenvalue weighted by Crippen LogP contribution is 2.31. The van der Waals surface area contributed by atoms with Crippen molar-refractivity contribution < 1.29 is 40.6 Å². The van der Waals surface area contributed by atoms with E-state index < -0.39 is 42.2 Å². The van der Waals surface area contributed by atoms with Crippen molar-refractivity contribution in [2.24, 2.45) is 0 Å². The van der Waals surface area contributed by atoms with Crippen LogP contribution >= 0.6 is 0 Å². The van der Waals surface area contributed by atoms with Gasteiger partial charge in [-0.15, -0.1) is 0 Å². The molecule has 0 radical (unpaired) electrons. The molecule has 0 aliphatic carbocycles. The highest BCUT2D eigenvalue weighted by Gasteiger charge is 2.72. The maximum Gasteiger partial charge on any atom is 0.333 e. The predicted octanol–water partition coefficient (Wildman–Crippen LogP) is -3.52. The van der Waals surface area contributed by atoms with Crippen molar-refractivity contribution in [2.45, 2.75) is 10.2 Å². The third-order valence-electron chi connectivity index (χ3n) is 1.93. The number of carbonyl (C=O) groups excluding carboxylic acids is 2. The van der Waals surface area contributed by atoms with E-state index in [-0.39, 0.29) is 0 Å². The summed E-state index contributed by atoms with van der Waals surface area (Å²) in [5.41, 5.74) is 0. The monoisotopic (exact) mass is 275 g/mol. The lowest BCUT2D eigenvalue weighted by Gasteiger charge is -2.20. The van der Waals surface area contributed by atoms with Crippen molar-refractivity contribution in [3.63, 3.8) is 0 Å². The summed E-state index contributed by atoms with van der Waals surface area (Å²) in [6.45, 7) is 0. The average molecular weight is 275 g/mol. The maximum atomic E-state index is 11.0. The van der Waals surface area contributed by atoms with Crippen molar-refractivity contribution in [3.05, 3.63) is 0 Å². The molecule has 1 rings (SSSR count). The van der Waals surface area contributed by atoms with Crippen LogP contribution in [0.15, 0.2) is 0 Å². The smallest absolute Gasteiger partial charge is 0.333 e. The van der Waals surface area contributed by atoms with Crippen LogP contribution in [0.1, 0.15) is 0 Å². The minimum Gasteiger partial charge on any atom is -0.380 e. The highest BCUT2D eigenvalue weighted by molar-refractivity contribution is 8.06. The molecule has 12 heteroatoms. The minimum absolute atomic E-state index is 1.16. The third kappa shape index (κ3) is 1.35. The molecule has 1 fully saturated rings. The van der Waals surface area contributed by atoms with Gasteiger partial charge in [0.25, 0.3) is 11.8 Å². The molecule has 2 amide bonds. The Balaban J connectivity index is 3.77. The first-order valence-corrected chi connectivity index (χ1v) is 6.31. The molecule has 1 aliphatic rings. The van der Waals surface area contributed by atoms with Crippen molar-refractivity contribution in [2.75, 3.05) is 0 Å². The van der Waals surface area contributed by atoms with E-state index in [9.17, 15) is 26.4 Å². The van der Waals surface area contributed by atoms with Crippen molar-refractivity contribution in [3.8, 4) is 0 Å². The molecule has 92 valence electrons. The van der Waals surface area contributed by atoms with E-state index in [1.807, 2.05) is 0 Å². The van der Waals surface area contributed by atoms with E-state index in [0.29, 0.717) is 0 Å². The molecule has 1 aliphatic heterocycles. The van der Waals surface area contributed by atoms with Gasteiger partial charge in [-0.3, -0.25) is 24.0 Å². The molecule has 10 nitrogen and oxygen atoms in total. The normalized spacial score (nSPS) is 25.6. The molecule has 0 aromatic carbocycles.